The SMILES string of the molecule is COCCC(CC1(C(=O)N[C@@H](Cc2ncc(-c3ccccc3)o2)C(=O)OCC(C)C)CCCC1)C(=O)O. The molecule has 9 heteroatoms. The highest BCUT2D eigenvalue weighted by Crippen LogP contribution is 2.44. The van der Waals surface area contributed by atoms with Crippen LogP contribution in [0.5, 0.6) is 0 Å². The van der Waals surface area contributed by atoms with Gasteiger partial charge in [-0.15, -0.1) is 0 Å². The number of aromatic nitrogens is 1. The Balaban J connectivity index is 1.79. The third kappa shape index (κ3) is 7.89. The number of carbonyl (C=O) groups is 3. The maximum absolute atomic E-state index is 13.7. The molecule has 1 aliphatic rings. The Morgan fingerprint density at radius 1 is 1.16 bits per heavy atom. The van der Waals surface area contributed by atoms with Crippen molar-refractivity contribution in [2.75, 3.05) is 20.3 Å². The highest BCUT2D eigenvalue weighted by atomic mass is 16.5. The molecule has 2 aromatic rings. The van der Waals surface area contributed by atoms with Crippen molar-refractivity contribution >= 4 is 17.8 Å². The number of nitrogens with one attached hydrogen (secondary N) is 1. The van der Waals surface area contributed by atoms with Crippen molar-refractivity contribution in [2.24, 2.45) is 17.3 Å². The number of amides is 1. The van der Waals surface area contributed by atoms with Gasteiger partial charge in [0, 0.05) is 19.3 Å². The number of aliphatic carboxylic acids is 1. The number of methoxy groups -OCH3 is 1. The highest BCUT2D eigenvalue weighted by Gasteiger charge is 2.45. The summed E-state index contributed by atoms with van der Waals surface area (Å²) < 4.78 is 16.4. The van der Waals surface area contributed by atoms with Gasteiger partial charge in [-0.05, 0) is 31.6 Å². The number of benzene rings is 1. The summed E-state index contributed by atoms with van der Waals surface area (Å²) in [6.45, 7) is 4.38. The van der Waals surface area contributed by atoms with Gasteiger partial charge in [0.25, 0.3) is 0 Å². The fourth-order valence-electron chi connectivity index (χ4n) is 4.79. The Morgan fingerprint density at radius 3 is 2.49 bits per heavy atom. The molecule has 0 spiro atoms. The van der Waals surface area contributed by atoms with E-state index in [0.29, 0.717) is 37.5 Å². The summed E-state index contributed by atoms with van der Waals surface area (Å²) in [5.74, 6) is -1.56. The minimum absolute atomic E-state index is 0.0254. The lowest BCUT2D eigenvalue weighted by Crippen LogP contribution is -2.50. The zero-order valence-electron chi connectivity index (χ0n) is 21.9. The lowest BCUT2D eigenvalue weighted by atomic mass is 9.75. The van der Waals surface area contributed by atoms with Gasteiger partial charge in [-0.25, -0.2) is 9.78 Å². The lowest BCUT2D eigenvalue weighted by Gasteiger charge is -2.32. The van der Waals surface area contributed by atoms with Crippen molar-refractivity contribution in [3.63, 3.8) is 0 Å². The Hall–Kier alpha value is -3.20. The Morgan fingerprint density at radius 2 is 1.86 bits per heavy atom. The lowest BCUT2D eigenvalue weighted by molar-refractivity contribution is -0.151. The van der Waals surface area contributed by atoms with Crippen LogP contribution in [0.2, 0.25) is 0 Å². The number of rotatable bonds is 14. The van der Waals surface area contributed by atoms with Crippen LogP contribution in [0, 0.1) is 17.3 Å². The molecule has 2 N–H and O–H groups in total. The van der Waals surface area contributed by atoms with E-state index in [9.17, 15) is 19.5 Å². The molecule has 1 fully saturated rings. The summed E-state index contributed by atoms with van der Waals surface area (Å²) in [5, 5.41) is 12.6. The molecular formula is C28H38N2O7. The summed E-state index contributed by atoms with van der Waals surface area (Å²) in [6.07, 6.45) is 4.93. The molecule has 1 aliphatic carbocycles. The van der Waals surface area contributed by atoms with Gasteiger partial charge in [-0.2, -0.15) is 0 Å². The molecule has 1 heterocycles. The third-order valence-corrected chi connectivity index (χ3v) is 6.84. The smallest absolute Gasteiger partial charge is 0.329 e. The summed E-state index contributed by atoms with van der Waals surface area (Å²) in [4.78, 5) is 42.9. The average molecular weight is 515 g/mol. The van der Waals surface area contributed by atoms with E-state index < -0.39 is 29.3 Å². The second-order valence-electron chi connectivity index (χ2n) is 10.2. The molecule has 0 radical (unpaired) electrons. The normalized spacial score (nSPS) is 16.3. The van der Waals surface area contributed by atoms with E-state index >= 15 is 0 Å². The van der Waals surface area contributed by atoms with Crippen LogP contribution in [0.15, 0.2) is 40.9 Å². The molecule has 0 bridgehead atoms. The van der Waals surface area contributed by atoms with Crippen molar-refractivity contribution in [2.45, 2.75) is 64.8 Å². The minimum Gasteiger partial charge on any atom is -0.481 e. The van der Waals surface area contributed by atoms with E-state index in [1.54, 1.807) is 6.20 Å². The molecule has 0 saturated heterocycles. The van der Waals surface area contributed by atoms with Gasteiger partial charge >= 0.3 is 11.9 Å². The third-order valence-electron chi connectivity index (χ3n) is 6.84. The first kappa shape index (κ1) is 28.4. The number of nitrogens with zero attached hydrogens (tertiary/aromatic N) is 1. The monoisotopic (exact) mass is 514 g/mol. The van der Waals surface area contributed by atoms with E-state index in [1.807, 2.05) is 44.2 Å². The largest absolute Gasteiger partial charge is 0.481 e. The topological polar surface area (TPSA) is 128 Å². The molecule has 2 atom stereocenters. The summed E-state index contributed by atoms with van der Waals surface area (Å²) in [6, 6.07) is 8.47. The quantitative estimate of drug-likeness (QED) is 0.358. The summed E-state index contributed by atoms with van der Waals surface area (Å²) in [5.41, 5.74) is -0.0102. The summed E-state index contributed by atoms with van der Waals surface area (Å²) in [7, 11) is 1.52. The molecule has 1 unspecified atom stereocenters. The van der Waals surface area contributed by atoms with Gasteiger partial charge in [0.1, 0.15) is 6.04 Å². The van der Waals surface area contributed by atoms with Crippen LogP contribution in [-0.4, -0.2) is 54.3 Å². The first-order valence-electron chi connectivity index (χ1n) is 12.9. The highest BCUT2D eigenvalue weighted by molar-refractivity contribution is 5.89. The number of hydrogen-bond acceptors (Lipinski definition) is 7. The standard InChI is InChI=1S/C28H38N2O7/c1-19(2)18-36-26(33)22(15-24-29-17-23(37-24)20-9-5-4-6-10-20)30-27(34)28(12-7-8-13-28)16-21(25(31)32)11-14-35-3/h4-6,9-10,17,19,21-22H,7-8,11-16,18H2,1-3H3,(H,30,34)(H,31,32)/t21?,22-/m0/s1. The molecule has 37 heavy (non-hydrogen) atoms. The van der Waals surface area contributed by atoms with E-state index in [-0.39, 0.29) is 31.3 Å². The Bertz CT molecular complexity index is 1030. The van der Waals surface area contributed by atoms with Crippen molar-refractivity contribution in [3.8, 4) is 11.3 Å². The fraction of sp³-hybridized carbons (Fsp3) is 0.571. The van der Waals surface area contributed by atoms with Crippen LogP contribution >= 0.6 is 0 Å². The number of ether oxygens (including phenoxy) is 2. The number of oxazole rings is 1. The Labute approximate surface area is 217 Å². The second-order valence-corrected chi connectivity index (χ2v) is 10.2. The first-order chi connectivity index (χ1) is 17.7. The fourth-order valence-corrected chi connectivity index (χ4v) is 4.79. The molecule has 202 valence electrons. The predicted molar refractivity (Wildman–Crippen MR) is 137 cm³/mol. The molecule has 1 aromatic carbocycles. The molecular weight excluding hydrogens is 476 g/mol. The molecule has 9 nitrogen and oxygen atoms in total. The average Bonchev–Trinajstić information content (AvgIpc) is 3.55. The van der Waals surface area contributed by atoms with Crippen molar-refractivity contribution in [1.82, 2.24) is 10.3 Å². The van der Waals surface area contributed by atoms with Crippen LogP contribution in [0.3, 0.4) is 0 Å². The molecule has 1 saturated carbocycles. The van der Waals surface area contributed by atoms with Crippen LogP contribution in [0.25, 0.3) is 11.3 Å². The first-order valence-corrected chi connectivity index (χ1v) is 12.9. The zero-order valence-corrected chi connectivity index (χ0v) is 21.9. The van der Waals surface area contributed by atoms with E-state index in [0.717, 1.165) is 18.4 Å². The van der Waals surface area contributed by atoms with Crippen LogP contribution in [-0.2, 0) is 30.3 Å². The van der Waals surface area contributed by atoms with Gasteiger partial charge in [0.2, 0.25) is 5.91 Å². The van der Waals surface area contributed by atoms with Crippen molar-refractivity contribution in [1.29, 1.82) is 0 Å². The van der Waals surface area contributed by atoms with E-state index in [2.05, 4.69) is 10.3 Å². The number of carboxylic acid groups (broad SMARTS) is 1. The van der Waals surface area contributed by atoms with Crippen LogP contribution in [0.1, 0.15) is 58.3 Å². The Kier molecular flexibility index (Phi) is 10.3. The maximum atomic E-state index is 13.7. The number of carboxylic acids is 1. The zero-order chi connectivity index (χ0) is 26.8. The van der Waals surface area contributed by atoms with Gasteiger partial charge in [-0.1, -0.05) is 57.0 Å². The number of hydrogen-bond donors (Lipinski definition) is 2. The number of carbonyl (C=O) groups excluding carboxylic acids is 2. The molecule has 3 rings (SSSR count). The predicted octanol–water partition coefficient (Wildman–Crippen LogP) is 4.26. The van der Waals surface area contributed by atoms with Crippen molar-refractivity contribution in [3.05, 3.63) is 42.4 Å². The second kappa shape index (κ2) is 13.4. The van der Waals surface area contributed by atoms with E-state index in [4.69, 9.17) is 13.9 Å². The maximum Gasteiger partial charge on any atom is 0.329 e. The van der Waals surface area contributed by atoms with Gasteiger partial charge < -0.3 is 24.3 Å². The van der Waals surface area contributed by atoms with E-state index in [1.165, 1.54) is 7.11 Å². The minimum atomic E-state index is -1.01. The summed E-state index contributed by atoms with van der Waals surface area (Å²) >= 11 is 0. The van der Waals surface area contributed by atoms with Gasteiger partial charge in [0.05, 0.1) is 30.6 Å². The van der Waals surface area contributed by atoms with Crippen LogP contribution < -0.4 is 5.32 Å². The van der Waals surface area contributed by atoms with Crippen LogP contribution in [0.4, 0.5) is 0 Å². The molecule has 0 aliphatic heterocycles. The molecule has 1 amide bonds. The van der Waals surface area contributed by atoms with Gasteiger partial charge in [-0.3, -0.25) is 9.59 Å². The number of esters is 1. The molecule has 1 aromatic heterocycles. The van der Waals surface area contributed by atoms with Crippen molar-refractivity contribution < 1.29 is 33.4 Å². The van der Waals surface area contributed by atoms with Gasteiger partial charge in [0.15, 0.2) is 11.7 Å².